The Morgan fingerprint density at radius 2 is 1.86 bits per heavy atom. The van der Waals surface area contributed by atoms with Crippen LogP contribution >= 0.6 is 11.3 Å². The Morgan fingerprint density at radius 1 is 1.14 bits per heavy atom. The third-order valence-electron chi connectivity index (χ3n) is 2.94. The monoisotopic (exact) mass is 305 g/mol. The van der Waals surface area contributed by atoms with Crippen LogP contribution in [0.3, 0.4) is 0 Å². The van der Waals surface area contributed by atoms with Gasteiger partial charge in [0.25, 0.3) is 0 Å². The van der Waals surface area contributed by atoms with Crippen LogP contribution in [0.25, 0.3) is 0 Å². The van der Waals surface area contributed by atoms with Gasteiger partial charge < -0.3 is 10.6 Å². The SMILES string of the molecule is CCCNc1cc(NCCc2nccs2)nc(C(C)C)n1. The quantitative estimate of drug-likeness (QED) is 0.781. The van der Waals surface area contributed by atoms with E-state index in [1.165, 1.54) is 0 Å². The molecule has 0 fully saturated rings. The van der Waals surface area contributed by atoms with Gasteiger partial charge in [0.2, 0.25) is 0 Å². The van der Waals surface area contributed by atoms with Gasteiger partial charge in [0.05, 0.1) is 5.01 Å². The topological polar surface area (TPSA) is 62.7 Å². The third kappa shape index (κ3) is 4.97. The molecule has 2 rings (SSSR count). The standard InChI is InChI=1S/C15H23N5S/c1-4-6-16-12-10-13(20-15(19-12)11(2)3)17-7-5-14-18-8-9-21-14/h8-11H,4-7H2,1-3H3,(H2,16,17,19,20). The van der Waals surface area contributed by atoms with Crippen LogP contribution in [-0.4, -0.2) is 28.0 Å². The van der Waals surface area contributed by atoms with Gasteiger partial charge in [-0.15, -0.1) is 11.3 Å². The van der Waals surface area contributed by atoms with Crippen molar-refractivity contribution in [2.75, 3.05) is 23.7 Å². The minimum atomic E-state index is 0.313. The van der Waals surface area contributed by atoms with Crippen molar-refractivity contribution in [3.63, 3.8) is 0 Å². The van der Waals surface area contributed by atoms with Gasteiger partial charge in [0.1, 0.15) is 17.5 Å². The van der Waals surface area contributed by atoms with Crippen molar-refractivity contribution in [3.8, 4) is 0 Å². The van der Waals surface area contributed by atoms with E-state index in [1.54, 1.807) is 11.3 Å². The Labute approximate surface area is 130 Å². The lowest BCUT2D eigenvalue weighted by molar-refractivity contribution is 0.773. The van der Waals surface area contributed by atoms with Crippen LogP contribution < -0.4 is 10.6 Å². The summed E-state index contributed by atoms with van der Waals surface area (Å²) in [6, 6.07) is 1.98. The average molecular weight is 305 g/mol. The number of hydrogen-bond acceptors (Lipinski definition) is 6. The summed E-state index contributed by atoms with van der Waals surface area (Å²) in [5.74, 6) is 2.96. The highest BCUT2D eigenvalue weighted by atomic mass is 32.1. The molecule has 5 nitrogen and oxygen atoms in total. The van der Waals surface area contributed by atoms with Crippen LogP contribution in [0.4, 0.5) is 11.6 Å². The molecule has 2 aromatic rings. The second kappa shape index (κ2) is 7.93. The first-order chi connectivity index (χ1) is 10.2. The number of rotatable bonds is 8. The second-order valence-corrected chi connectivity index (χ2v) is 6.16. The largest absolute Gasteiger partial charge is 0.370 e. The molecular weight excluding hydrogens is 282 g/mol. The van der Waals surface area contributed by atoms with Crippen molar-refractivity contribution >= 4 is 23.0 Å². The minimum absolute atomic E-state index is 0.313. The predicted octanol–water partition coefficient (Wildman–Crippen LogP) is 3.53. The number of aromatic nitrogens is 3. The van der Waals surface area contributed by atoms with Gasteiger partial charge in [-0.25, -0.2) is 15.0 Å². The normalized spacial score (nSPS) is 10.9. The Kier molecular flexibility index (Phi) is 5.92. The summed E-state index contributed by atoms with van der Waals surface area (Å²) in [5, 5.41) is 9.85. The lowest BCUT2D eigenvalue weighted by Gasteiger charge is -2.12. The average Bonchev–Trinajstić information content (AvgIpc) is 2.98. The summed E-state index contributed by atoms with van der Waals surface area (Å²) >= 11 is 1.68. The van der Waals surface area contributed by atoms with E-state index in [0.717, 1.165) is 48.4 Å². The Morgan fingerprint density at radius 3 is 2.43 bits per heavy atom. The molecule has 0 aromatic carbocycles. The fourth-order valence-electron chi connectivity index (χ4n) is 1.83. The van der Waals surface area contributed by atoms with E-state index in [9.17, 15) is 0 Å². The van der Waals surface area contributed by atoms with Crippen LogP contribution in [0.5, 0.6) is 0 Å². The van der Waals surface area contributed by atoms with Gasteiger partial charge in [0, 0.05) is 43.1 Å². The maximum atomic E-state index is 4.58. The molecule has 2 aromatic heterocycles. The zero-order valence-corrected chi connectivity index (χ0v) is 13.7. The first-order valence-electron chi connectivity index (χ1n) is 7.44. The zero-order chi connectivity index (χ0) is 15.1. The van der Waals surface area contributed by atoms with E-state index in [1.807, 2.05) is 17.6 Å². The zero-order valence-electron chi connectivity index (χ0n) is 12.9. The number of hydrogen-bond donors (Lipinski definition) is 2. The van der Waals surface area contributed by atoms with Crippen LogP contribution in [0.1, 0.15) is 43.9 Å². The van der Waals surface area contributed by atoms with Gasteiger partial charge in [-0.1, -0.05) is 20.8 Å². The van der Waals surface area contributed by atoms with Gasteiger partial charge in [-0.05, 0) is 6.42 Å². The van der Waals surface area contributed by atoms with Crippen molar-refractivity contribution in [2.24, 2.45) is 0 Å². The first kappa shape index (κ1) is 15.7. The van der Waals surface area contributed by atoms with E-state index in [-0.39, 0.29) is 0 Å². The lowest BCUT2D eigenvalue weighted by Crippen LogP contribution is -2.11. The van der Waals surface area contributed by atoms with Crippen LogP contribution in [0.2, 0.25) is 0 Å². The molecule has 0 aliphatic carbocycles. The highest BCUT2D eigenvalue weighted by molar-refractivity contribution is 7.09. The fraction of sp³-hybridized carbons (Fsp3) is 0.533. The van der Waals surface area contributed by atoms with Crippen LogP contribution in [-0.2, 0) is 6.42 Å². The van der Waals surface area contributed by atoms with Gasteiger partial charge in [-0.2, -0.15) is 0 Å². The molecule has 0 atom stereocenters. The molecule has 114 valence electrons. The number of nitrogens with zero attached hydrogens (tertiary/aromatic N) is 3. The van der Waals surface area contributed by atoms with E-state index in [4.69, 9.17) is 0 Å². The molecule has 0 radical (unpaired) electrons. The number of anilines is 2. The van der Waals surface area contributed by atoms with E-state index >= 15 is 0 Å². The fourth-order valence-corrected chi connectivity index (χ4v) is 2.45. The third-order valence-corrected chi connectivity index (χ3v) is 3.78. The summed E-state index contributed by atoms with van der Waals surface area (Å²) in [7, 11) is 0. The second-order valence-electron chi connectivity index (χ2n) is 5.18. The van der Waals surface area contributed by atoms with Crippen molar-refractivity contribution in [3.05, 3.63) is 28.5 Å². The van der Waals surface area contributed by atoms with Crippen LogP contribution in [0.15, 0.2) is 17.6 Å². The highest BCUT2D eigenvalue weighted by Crippen LogP contribution is 2.17. The van der Waals surface area contributed by atoms with E-state index < -0.39 is 0 Å². The summed E-state index contributed by atoms with van der Waals surface area (Å²) < 4.78 is 0. The predicted molar refractivity (Wildman–Crippen MR) is 89.2 cm³/mol. The molecule has 21 heavy (non-hydrogen) atoms. The Bertz CT molecular complexity index is 539. The maximum Gasteiger partial charge on any atom is 0.135 e. The summed E-state index contributed by atoms with van der Waals surface area (Å²) in [6.07, 6.45) is 3.83. The molecule has 0 saturated heterocycles. The Hall–Kier alpha value is -1.69. The molecule has 0 spiro atoms. The van der Waals surface area contributed by atoms with Crippen molar-refractivity contribution < 1.29 is 0 Å². The Balaban J connectivity index is 2.00. The molecule has 0 amide bonds. The number of nitrogens with one attached hydrogen (secondary N) is 2. The molecule has 0 aliphatic rings. The lowest BCUT2D eigenvalue weighted by atomic mass is 10.2. The number of thiazole rings is 1. The maximum absolute atomic E-state index is 4.58. The van der Waals surface area contributed by atoms with Crippen molar-refractivity contribution in [1.82, 2.24) is 15.0 Å². The molecule has 6 heteroatoms. The van der Waals surface area contributed by atoms with Gasteiger partial charge >= 0.3 is 0 Å². The molecule has 2 heterocycles. The molecule has 0 aliphatic heterocycles. The molecule has 0 saturated carbocycles. The first-order valence-corrected chi connectivity index (χ1v) is 8.32. The van der Waals surface area contributed by atoms with Gasteiger partial charge in [-0.3, -0.25) is 0 Å². The van der Waals surface area contributed by atoms with Crippen LogP contribution in [0, 0.1) is 0 Å². The van der Waals surface area contributed by atoms with Crippen molar-refractivity contribution in [1.29, 1.82) is 0 Å². The summed E-state index contributed by atoms with van der Waals surface area (Å²) in [4.78, 5) is 13.4. The molecular formula is C15H23N5S. The molecule has 0 bridgehead atoms. The smallest absolute Gasteiger partial charge is 0.135 e. The van der Waals surface area contributed by atoms with Gasteiger partial charge in [0.15, 0.2) is 0 Å². The minimum Gasteiger partial charge on any atom is -0.370 e. The highest BCUT2D eigenvalue weighted by Gasteiger charge is 2.08. The van der Waals surface area contributed by atoms with Crippen molar-refractivity contribution in [2.45, 2.75) is 39.5 Å². The summed E-state index contributed by atoms with van der Waals surface area (Å²) in [5.41, 5.74) is 0. The molecule has 0 unspecified atom stereocenters. The van der Waals surface area contributed by atoms with E-state index in [0.29, 0.717) is 5.92 Å². The van der Waals surface area contributed by atoms with E-state index in [2.05, 4.69) is 46.4 Å². The summed E-state index contributed by atoms with van der Waals surface area (Å²) in [6.45, 7) is 8.11. The molecule has 2 N–H and O–H groups in total.